The zero-order valence-electron chi connectivity index (χ0n) is 12.5. The maximum atomic E-state index is 10.4. The van der Waals surface area contributed by atoms with Gasteiger partial charge in [-0.05, 0) is 56.9 Å². The number of carboxylic acids is 1. The zero-order chi connectivity index (χ0) is 15.7. The van der Waals surface area contributed by atoms with Crippen LogP contribution in [-0.4, -0.2) is 17.7 Å². The summed E-state index contributed by atoms with van der Waals surface area (Å²) >= 11 is 0. The van der Waals surface area contributed by atoms with Gasteiger partial charge in [0.25, 0.3) is 0 Å². The van der Waals surface area contributed by atoms with Crippen LogP contribution in [0.15, 0.2) is 30.3 Å². The van der Waals surface area contributed by atoms with Gasteiger partial charge < -0.3 is 9.84 Å². The fourth-order valence-corrected chi connectivity index (χ4v) is 1.76. The number of benzene rings is 1. The number of rotatable bonds is 8. The maximum absolute atomic E-state index is 10.4. The van der Waals surface area contributed by atoms with Crippen LogP contribution in [0, 0.1) is 16.7 Å². The minimum absolute atomic E-state index is 0.266. The van der Waals surface area contributed by atoms with E-state index in [1.165, 1.54) is 6.08 Å². The van der Waals surface area contributed by atoms with Crippen LogP contribution in [0.2, 0.25) is 0 Å². The first kappa shape index (κ1) is 16.8. The quantitative estimate of drug-likeness (QED) is 0.581. The Kier molecular flexibility index (Phi) is 6.48. The molecule has 1 rings (SSSR count). The number of nitrogens with zero attached hydrogens (tertiary/aromatic N) is 1. The first-order valence-corrected chi connectivity index (χ1v) is 6.98. The van der Waals surface area contributed by atoms with E-state index in [-0.39, 0.29) is 5.41 Å². The van der Waals surface area contributed by atoms with Crippen LogP contribution >= 0.6 is 0 Å². The Morgan fingerprint density at radius 1 is 1.33 bits per heavy atom. The van der Waals surface area contributed by atoms with Gasteiger partial charge in [0.2, 0.25) is 0 Å². The Bertz CT molecular complexity index is 524. The summed E-state index contributed by atoms with van der Waals surface area (Å²) in [6.45, 7) is 4.50. The third-order valence-corrected chi connectivity index (χ3v) is 3.07. The van der Waals surface area contributed by atoms with E-state index >= 15 is 0 Å². The molecule has 0 heterocycles. The largest absolute Gasteiger partial charge is 0.494 e. The van der Waals surface area contributed by atoms with Crippen molar-refractivity contribution in [3.63, 3.8) is 0 Å². The van der Waals surface area contributed by atoms with Gasteiger partial charge in [0, 0.05) is 6.08 Å². The van der Waals surface area contributed by atoms with Crippen LogP contribution in [0.5, 0.6) is 5.75 Å². The summed E-state index contributed by atoms with van der Waals surface area (Å²) in [6, 6.07) is 9.55. The van der Waals surface area contributed by atoms with Crippen molar-refractivity contribution in [2.75, 3.05) is 6.61 Å². The highest BCUT2D eigenvalue weighted by Crippen LogP contribution is 2.21. The van der Waals surface area contributed by atoms with Crippen molar-refractivity contribution in [1.29, 1.82) is 5.26 Å². The summed E-state index contributed by atoms with van der Waals surface area (Å²) in [5.74, 6) is -0.197. The predicted octanol–water partition coefficient (Wildman–Crippen LogP) is 3.88. The van der Waals surface area contributed by atoms with Crippen LogP contribution in [0.3, 0.4) is 0 Å². The van der Waals surface area contributed by atoms with Gasteiger partial charge in [-0.2, -0.15) is 5.26 Å². The van der Waals surface area contributed by atoms with E-state index in [2.05, 4.69) is 6.07 Å². The lowest BCUT2D eigenvalue weighted by atomic mass is 9.89. The Labute approximate surface area is 125 Å². The van der Waals surface area contributed by atoms with Gasteiger partial charge in [-0.3, -0.25) is 0 Å². The standard InChI is InChI=1S/C17H21NO3/c1-17(2,13-18)11-3-4-12-21-15-8-5-14(6-9-15)7-10-16(19)20/h5-10H,3-4,11-12H2,1-2H3,(H,19,20)/b10-7+. The molecule has 0 fully saturated rings. The molecule has 0 bridgehead atoms. The van der Waals surface area contributed by atoms with Gasteiger partial charge in [-0.15, -0.1) is 0 Å². The van der Waals surface area contributed by atoms with Crippen LogP contribution in [0.4, 0.5) is 0 Å². The second kappa shape index (κ2) is 8.11. The van der Waals surface area contributed by atoms with Crippen molar-refractivity contribution in [3.8, 4) is 11.8 Å². The summed E-state index contributed by atoms with van der Waals surface area (Å²) in [4.78, 5) is 10.4. The molecule has 0 saturated carbocycles. The molecule has 0 saturated heterocycles. The third-order valence-electron chi connectivity index (χ3n) is 3.07. The van der Waals surface area contributed by atoms with E-state index in [1.54, 1.807) is 0 Å². The van der Waals surface area contributed by atoms with E-state index in [9.17, 15) is 4.79 Å². The molecule has 0 aliphatic rings. The fourth-order valence-electron chi connectivity index (χ4n) is 1.76. The van der Waals surface area contributed by atoms with Crippen molar-refractivity contribution in [2.45, 2.75) is 33.1 Å². The first-order valence-electron chi connectivity index (χ1n) is 6.98. The number of ether oxygens (including phenoxy) is 1. The lowest BCUT2D eigenvalue weighted by molar-refractivity contribution is -0.131. The molecule has 0 aromatic heterocycles. The fraction of sp³-hybridized carbons (Fsp3) is 0.412. The molecule has 4 nitrogen and oxygen atoms in total. The van der Waals surface area contributed by atoms with Crippen LogP contribution in [0.1, 0.15) is 38.7 Å². The molecular formula is C17H21NO3. The smallest absolute Gasteiger partial charge is 0.328 e. The van der Waals surface area contributed by atoms with Gasteiger partial charge in [-0.25, -0.2) is 4.79 Å². The third kappa shape index (κ3) is 7.17. The summed E-state index contributed by atoms with van der Waals surface area (Å²) in [5.41, 5.74) is 0.554. The van der Waals surface area contributed by atoms with Gasteiger partial charge >= 0.3 is 5.97 Å². The van der Waals surface area contributed by atoms with Crippen LogP contribution in [-0.2, 0) is 4.79 Å². The highest BCUT2D eigenvalue weighted by Gasteiger charge is 2.15. The second-order valence-electron chi connectivity index (χ2n) is 5.54. The molecule has 21 heavy (non-hydrogen) atoms. The Morgan fingerprint density at radius 2 is 2.00 bits per heavy atom. The van der Waals surface area contributed by atoms with Crippen molar-refractivity contribution in [1.82, 2.24) is 0 Å². The number of aliphatic carboxylic acids is 1. The molecule has 1 N–H and O–H groups in total. The number of carboxylic acid groups (broad SMARTS) is 1. The van der Waals surface area contributed by atoms with Gasteiger partial charge in [0.1, 0.15) is 5.75 Å². The van der Waals surface area contributed by atoms with Gasteiger partial charge in [-0.1, -0.05) is 12.1 Å². The number of nitriles is 1. The van der Waals surface area contributed by atoms with E-state index in [0.29, 0.717) is 6.61 Å². The average Bonchev–Trinajstić information content (AvgIpc) is 2.46. The minimum atomic E-state index is -0.962. The average molecular weight is 287 g/mol. The molecule has 0 unspecified atom stereocenters. The summed E-state index contributed by atoms with van der Waals surface area (Å²) in [7, 11) is 0. The predicted molar refractivity (Wildman–Crippen MR) is 81.9 cm³/mol. The minimum Gasteiger partial charge on any atom is -0.494 e. The highest BCUT2D eigenvalue weighted by atomic mass is 16.5. The maximum Gasteiger partial charge on any atom is 0.328 e. The van der Waals surface area contributed by atoms with E-state index in [0.717, 1.165) is 36.7 Å². The number of carbonyl (C=O) groups is 1. The molecule has 1 aromatic rings. The molecular weight excluding hydrogens is 266 g/mol. The summed E-state index contributed by atoms with van der Waals surface area (Å²) < 4.78 is 5.61. The number of hydrogen-bond acceptors (Lipinski definition) is 3. The molecule has 0 amide bonds. The number of unbranched alkanes of at least 4 members (excludes halogenated alkanes) is 1. The Hall–Kier alpha value is -2.28. The van der Waals surface area contributed by atoms with Crippen LogP contribution < -0.4 is 4.74 Å². The second-order valence-corrected chi connectivity index (χ2v) is 5.54. The Balaban J connectivity index is 2.30. The normalized spacial score (nSPS) is 11.3. The van der Waals surface area contributed by atoms with Crippen LogP contribution in [0.25, 0.3) is 6.08 Å². The molecule has 1 aromatic carbocycles. The van der Waals surface area contributed by atoms with E-state index in [1.807, 2.05) is 38.1 Å². The highest BCUT2D eigenvalue weighted by molar-refractivity contribution is 5.85. The van der Waals surface area contributed by atoms with Crippen molar-refractivity contribution in [2.24, 2.45) is 5.41 Å². The van der Waals surface area contributed by atoms with Crippen molar-refractivity contribution < 1.29 is 14.6 Å². The van der Waals surface area contributed by atoms with Gasteiger partial charge in [0.15, 0.2) is 0 Å². The van der Waals surface area contributed by atoms with E-state index < -0.39 is 5.97 Å². The zero-order valence-corrected chi connectivity index (χ0v) is 12.5. The number of hydrogen-bond donors (Lipinski definition) is 1. The molecule has 4 heteroatoms. The molecule has 0 aliphatic heterocycles. The SMILES string of the molecule is CC(C)(C#N)CCCCOc1ccc(/C=C/C(=O)O)cc1. The summed E-state index contributed by atoms with van der Waals surface area (Å²) in [6.07, 6.45) is 5.38. The molecule has 112 valence electrons. The van der Waals surface area contributed by atoms with Gasteiger partial charge in [0.05, 0.1) is 18.1 Å². The molecule has 0 radical (unpaired) electrons. The van der Waals surface area contributed by atoms with Crippen molar-refractivity contribution >= 4 is 12.0 Å². The monoisotopic (exact) mass is 287 g/mol. The molecule has 0 aliphatic carbocycles. The lowest BCUT2D eigenvalue weighted by Gasteiger charge is -2.14. The molecule has 0 atom stereocenters. The molecule has 0 spiro atoms. The Morgan fingerprint density at radius 3 is 2.57 bits per heavy atom. The van der Waals surface area contributed by atoms with Crippen molar-refractivity contribution in [3.05, 3.63) is 35.9 Å². The van der Waals surface area contributed by atoms with E-state index in [4.69, 9.17) is 15.1 Å². The lowest BCUT2D eigenvalue weighted by Crippen LogP contribution is -2.08. The topological polar surface area (TPSA) is 70.3 Å². The first-order chi connectivity index (χ1) is 9.93. The summed E-state index contributed by atoms with van der Waals surface area (Å²) in [5, 5.41) is 17.4.